The second kappa shape index (κ2) is 8.86. The van der Waals surface area contributed by atoms with Gasteiger partial charge < -0.3 is 20.0 Å². The lowest BCUT2D eigenvalue weighted by Crippen LogP contribution is -2.44. The molecule has 0 atom stereocenters. The van der Waals surface area contributed by atoms with Crippen LogP contribution in [-0.2, 0) is 0 Å². The summed E-state index contributed by atoms with van der Waals surface area (Å²) in [6.45, 7) is 10.1. The van der Waals surface area contributed by atoms with Crippen LogP contribution in [0.25, 0.3) is 0 Å². The van der Waals surface area contributed by atoms with Crippen molar-refractivity contribution >= 4 is 23.1 Å². The van der Waals surface area contributed by atoms with Crippen LogP contribution in [-0.4, -0.2) is 62.1 Å². The highest BCUT2D eigenvalue weighted by molar-refractivity contribution is 6.04. The van der Waals surface area contributed by atoms with Gasteiger partial charge in [0.1, 0.15) is 5.82 Å². The zero-order valence-electron chi connectivity index (χ0n) is 16.5. The molecule has 1 saturated heterocycles. The minimum Gasteiger partial charge on any atom is -0.372 e. The van der Waals surface area contributed by atoms with Crippen LogP contribution in [0.1, 0.15) is 24.2 Å². The third-order valence-corrected chi connectivity index (χ3v) is 5.09. The van der Waals surface area contributed by atoms with Crippen molar-refractivity contribution < 1.29 is 4.79 Å². The van der Waals surface area contributed by atoms with E-state index in [4.69, 9.17) is 0 Å². The van der Waals surface area contributed by atoms with E-state index in [2.05, 4.69) is 45.9 Å². The summed E-state index contributed by atoms with van der Waals surface area (Å²) in [6.07, 6.45) is 1.71. The van der Waals surface area contributed by atoms with Crippen LogP contribution < -0.4 is 15.1 Å². The lowest BCUT2D eigenvalue weighted by molar-refractivity contribution is 0.102. The number of rotatable bonds is 6. The molecule has 2 aromatic rings. The fraction of sp³-hybridized carbons (Fsp3) is 0.429. The summed E-state index contributed by atoms with van der Waals surface area (Å²) in [5.74, 6) is 0.760. The number of anilines is 3. The third kappa shape index (κ3) is 4.77. The Bertz CT molecular complexity index is 749. The Labute approximate surface area is 161 Å². The number of carbonyl (C=O) groups excluding carboxylic acids is 1. The van der Waals surface area contributed by atoms with Crippen LogP contribution in [0.4, 0.5) is 17.2 Å². The van der Waals surface area contributed by atoms with Gasteiger partial charge in [-0.2, -0.15) is 0 Å². The summed E-state index contributed by atoms with van der Waals surface area (Å²) in [7, 11) is 2.13. The second-order valence-electron chi connectivity index (χ2n) is 6.87. The van der Waals surface area contributed by atoms with Gasteiger partial charge in [0.2, 0.25) is 0 Å². The standard InChI is InChI=1S/C21H29N5O/c1-4-25(5-2)19-8-6-18(7-9-19)23-21(27)17-10-11-22-20(16-17)26-14-12-24(3)13-15-26/h6-11,16H,4-5,12-15H2,1-3H3,(H,23,27). The fourth-order valence-corrected chi connectivity index (χ4v) is 3.32. The number of nitrogens with zero attached hydrogens (tertiary/aromatic N) is 4. The first-order chi connectivity index (χ1) is 13.1. The quantitative estimate of drug-likeness (QED) is 0.851. The molecule has 2 heterocycles. The number of aromatic nitrogens is 1. The molecule has 3 rings (SSSR count). The third-order valence-electron chi connectivity index (χ3n) is 5.09. The topological polar surface area (TPSA) is 51.7 Å². The molecule has 0 saturated carbocycles. The molecule has 1 aromatic heterocycles. The molecule has 27 heavy (non-hydrogen) atoms. The SMILES string of the molecule is CCN(CC)c1ccc(NC(=O)c2ccnc(N3CCN(C)CC3)c2)cc1. The van der Waals surface area contributed by atoms with Gasteiger partial charge in [-0.25, -0.2) is 4.98 Å². The van der Waals surface area contributed by atoms with Crippen LogP contribution in [0.3, 0.4) is 0 Å². The number of hydrogen-bond donors (Lipinski definition) is 1. The maximum absolute atomic E-state index is 12.7. The van der Waals surface area contributed by atoms with Crippen molar-refractivity contribution in [2.75, 3.05) is 61.4 Å². The van der Waals surface area contributed by atoms with Crippen LogP contribution in [0.15, 0.2) is 42.6 Å². The number of piperazine rings is 1. The molecule has 1 aliphatic heterocycles. The smallest absolute Gasteiger partial charge is 0.255 e. The molecule has 0 spiro atoms. The molecule has 0 bridgehead atoms. The Morgan fingerprint density at radius 1 is 1.07 bits per heavy atom. The van der Waals surface area contributed by atoms with E-state index in [0.717, 1.165) is 50.8 Å². The average molecular weight is 367 g/mol. The van der Waals surface area contributed by atoms with Gasteiger partial charge >= 0.3 is 0 Å². The molecule has 6 nitrogen and oxygen atoms in total. The minimum atomic E-state index is -0.108. The van der Waals surface area contributed by atoms with Gasteiger partial charge in [-0.3, -0.25) is 4.79 Å². The number of amides is 1. The van der Waals surface area contributed by atoms with Gasteiger partial charge in [-0.1, -0.05) is 0 Å². The van der Waals surface area contributed by atoms with Crippen LogP contribution >= 0.6 is 0 Å². The molecule has 1 fully saturated rings. The van der Waals surface area contributed by atoms with E-state index in [0.29, 0.717) is 5.56 Å². The number of benzene rings is 1. The van der Waals surface area contributed by atoms with Gasteiger partial charge in [-0.15, -0.1) is 0 Å². The van der Waals surface area contributed by atoms with Crippen molar-refractivity contribution in [2.45, 2.75) is 13.8 Å². The molecule has 0 radical (unpaired) electrons. The molecule has 0 aliphatic carbocycles. The van der Waals surface area contributed by atoms with E-state index in [1.807, 2.05) is 30.3 Å². The van der Waals surface area contributed by atoms with E-state index in [9.17, 15) is 4.79 Å². The van der Waals surface area contributed by atoms with Crippen molar-refractivity contribution in [3.05, 3.63) is 48.2 Å². The molecule has 1 amide bonds. The molecular weight excluding hydrogens is 338 g/mol. The number of carbonyl (C=O) groups is 1. The van der Waals surface area contributed by atoms with E-state index in [-0.39, 0.29) is 5.91 Å². The van der Waals surface area contributed by atoms with E-state index < -0.39 is 0 Å². The Hall–Kier alpha value is -2.60. The van der Waals surface area contributed by atoms with Crippen LogP contribution in [0.2, 0.25) is 0 Å². The summed E-state index contributed by atoms with van der Waals surface area (Å²) >= 11 is 0. The lowest BCUT2D eigenvalue weighted by Gasteiger charge is -2.33. The lowest BCUT2D eigenvalue weighted by atomic mass is 10.2. The minimum absolute atomic E-state index is 0.108. The molecule has 0 unspecified atom stereocenters. The molecule has 1 N–H and O–H groups in total. The fourth-order valence-electron chi connectivity index (χ4n) is 3.32. The van der Waals surface area contributed by atoms with Gasteiger partial charge in [0.05, 0.1) is 0 Å². The van der Waals surface area contributed by atoms with Crippen molar-refractivity contribution in [3.63, 3.8) is 0 Å². The Kier molecular flexibility index (Phi) is 6.29. The normalized spacial score (nSPS) is 14.9. The van der Waals surface area contributed by atoms with Crippen molar-refractivity contribution in [1.29, 1.82) is 0 Å². The number of nitrogens with one attached hydrogen (secondary N) is 1. The number of hydrogen-bond acceptors (Lipinski definition) is 5. The summed E-state index contributed by atoms with van der Waals surface area (Å²) in [6, 6.07) is 11.6. The van der Waals surface area contributed by atoms with Gasteiger partial charge in [0, 0.05) is 62.4 Å². The van der Waals surface area contributed by atoms with E-state index in [1.165, 1.54) is 5.69 Å². The molecule has 1 aliphatic rings. The first-order valence-electron chi connectivity index (χ1n) is 9.66. The first-order valence-corrected chi connectivity index (χ1v) is 9.66. The summed E-state index contributed by atoms with van der Waals surface area (Å²) in [4.78, 5) is 23.9. The largest absolute Gasteiger partial charge is 0.372 e. The van der Waals surface area contributed by atoms with Crippen molar-refractivity contribution in [1.82, 2.24) is 9.88 Å². The second-order valence-corrected chi connectivity index (χ2v) is 6.87. The zero-order chi connectivity index (χ0) is 19.2. The molecular formula is C21H29N5O. The highest BCUT2D eigenvalue weighted by Crippen LogP contribution is 2.19. The maximum Gasteiger partial charge on any atom is 0.255 e. The zero-order valence-corrected chi connectivity index (χ0v) is 16.5. The van der Waals surface area contributed by atoms with Crippen molar-refractivity contribution in [3.8, 4) is 0 Å². The van der Waals surface area contributed by atoms with E-state index in [1.54, 1.807) is 12.3 Å². The predicted molar refractivity (Wildman–Crippen MR) is 112 cm³/mol. The molecule has 6 heteroatoms. The van der Waals surface area contributed by atoms with Crippen molar-refractivity contribution in [2.24, 2.45) is 0 Å². The maximum atomic E-state index is 12.7. The predicted octanol–water partition coefficient (Wildman–Crippen LogP) is 2.93. The Balaban J connectivity index is 1.66. The monoisotopic (exact) mass is 367 g/mol. The van der Waals surface area contributed by atoms with E-state index >= 15 is 0 Å². The van der Waals surface area contributed by atoms with Crippen LogP contribution in [0.5, 0.6) is 0 Å². The Morgan fingerprint density at radius 3 is 2.37 bits per heavy atom. The Morgan fingerprint density at radius 2 is 1.74 bits per heavy atom. The molecule has 1 aromatic carbocycles. The highest BCUT2D eigenvalue weighted by Gasteiger charge is 2.16. The number of pyridine rings is 1. The van der Waals surface area contributed by atoms with Gasteiger partial charge in [0.15, 0.2) is 0 Å². The first kappa shape index (κ1) is 19.2. The summed E-state index contributed by atoms with van der Waals surface area (Å²) < 4.78 is 0. The molecule has 144 valence electrons. The highest BCUT2D eigenvalue weighted by atomic mass is 16.1. The van der Waals surface area contributed by atoms with Crippen LogP contribution in [0, 0.1) is 0 Å². The average Bonchev–Trinajstić information content (AvgIpc) is 2.71. The number of likely N-dealkylation sites (N-methyl/N-ethyl adjacent to an activating group) is 1. The summed E-state index contributed by atoms with van der Waals surface area (Å²) in [5.41, 5.74) is 2.60. The van der Waals surface area contributed by atoms with Gasteiger partial charge in [-0.05, 0) is 57.3 Å². The summed E-state index contributed by atoms with van der Waals surface area (Å²) in [5, 5.41) is 2.99. The van der Waals surface area contributed by atoms with Gasteiger partial charge in [0.25, 0.3) is 5.91 Å².